The number of pyridine rings is 1. The van der Waals surface area contributed by atoms with E-state index < -0.39 is 182 Å². The summed E-state index contributed by atoms with van der Waals surface area (Å²) in [5.74, 6) is -8.88. The van der Waals surface area contributed by atoms with Gasteiger partial charge in [-0.3, -0.25) is 28.3 Å². The van der Waals surface area contributed by atoms with E-state index in [1.54, 1.807) is 5.32 Å². The number of halogens is 11. The molecule has 4 N–H and O–H groups in total. The number of alkyl halides is 8. The van der Waals surface area contributed by atoms with Crippen molar-refractivity contribution >= 4 is 68.5 Å². The van der Waals surface area contributed by atoms with Crippen LogP contribution in [0.5, 0.6) is 0 Å². The van der Waals surface area contributed by atoms with Gasteiger partial charge >= 0.3 is 31.8 Å². The molecule has 0 spiro atoms. The van der Waals surface area contributed by atoms with E-state index in [0.717, 1.165) is 42.7 Å². The molecule has 32 heteroatoms. The predicted molar refractivity (Wildman–Crippen MR) is 244 cm³/mol. The van der Waals surface area contributed by atoms with Gasteiger partial charge in [-0.1, -0.05) is 23.6 Å². The standard InChI is InChI=1S/C43H38ClF10N8O10PS2/c1-40(2,75(3,71)72)9-8-23-4-5-24(25-6-7-28(44)33-30(58-61(35(25)33)19-41(47,48)49)17-62(74(69)70)39(65)38(64)55-10-11-73(66,67)68)34(56-23)29(14-20-12-21(45)15-22(46)13-20)57-31(63)18-60-37-32(36(59-60)43(52,53)54)26-16-27(26)42(37,50)51/h4-7,12-13,15,26-27,29,74H,10-11,14,16-19H2,1-3H3,(H,55,64)(H,57,63)(H2,66,67,68)/t26-,27+,29?/m0/s1. The van der Waals surface area contributed by atoms with Gasteiger partial charge in [0.1, 0.15) is 40.9 Å². The van der Waals surface area contributed by atoms with Gasteiger partial charge in [-0.15, -0.1) is 0 Å². The van der Waals surface area contributed by atoms with Gasteiger partial charge in [0, 0.05) is 46.9 Å². The molecule has 18 nitrogen and oxygen atoms in total. The zero-order valence-electron chi connectivity index (χ0n) is 38.5. The molecule has 2 aliphatic carbocycles. The molecule has 0 aliphatic heterocycles. The third-order valence-electron chi connectivity index (χ3n) is 12.0. The summed E-state index contributed by atoms with van der Waals surface area (Å²) in [4.78, 5) is 62.6. The molecule has 0 saturated heterocycles. The summed E-state index contributed by atoms with van der Waals surface area (Å²) in [6.07, 6.45) is -11.6. The molecule has 75 heavy (non-hydrogen) atoms. The van der Waals surface area contributed by atoms with Gasteiger partial charge in [0.25, 0.3) is 5.92 Å². The number of benzene rings is 2. The minimum Gasteiger partial charge on any atom is -0.347 e. The maximum Gasteiger partial charge on any atom is 0.435 e. The van der Waals surface area contributed by atoms with Crippen molar-refractivity contribution in [3.63, 3.8) is 0 Å². The second-order valence-electron chi connectivity index (χ2n) is 17.9. The first-order valence-corrected chi connectivity index (χ1v) is 26.7. The van der Waals surface area contributed by atoms with Gasteiger partial charge in [-0.05, 0) is 74.4 Å². The molecule has 1 unspecified atom stereocenters. The summed E-state index contributed by atoms with van der Waals surface area (Å²) >= 11 is 6.57. The van der Waals surface area contributed by atoms with Crippen molar-refractivity contribution in [2.45, 2.75) is 81.3 Å². The number of hydrogen-bond acceptors (Lipinski definition) is 11. The SMILES string of the molecule is CC(C)(C#Cc1ccc(-c2ccc(Cl)c3c(CN(C(=O)C(=O)NCCP(=O)(O)O)[SH](=O)=O)nn(CC(F)(F)F)c23)c(C(Cc2cc(F)cc(F)c2)NC(=O)Cn2nc(C(F)(F)F)c3c2C(F)(F)[C@@H]2C[C@H]32)n1)S(C)(=O)=O. The normalized spacial score (nSPS) is 16.8. The summed E-state index contributed by atoms with van der Waals surface area (Å²) in [6, 6.07) is 4.54. The van der Waals surface area contributed by atoms with Crippen LogP contribution in [0.15, 0.2) is 42.5 Å². The topological polar surface area (TPSA) is 253 Å². The Kier molecular flexibility index (Phi) is 15.2. The molecule has 5 aromatic rings. The number of carbonyl (C=O) groups is 3. The van der Waals surface area contributed by atoms with Crippen LogP contribution in [-0.2, 0) is 77.8 Å². The number of sulfone groups is 1. The summed E-state index contributed by atoms with van der Waals surface area (Å²) in [5, 5.41) is 10.5. The van der Waals surface area contributed by atoms with Crippen molar-refractivity contribution in [2.24, 2.45) is 5.92 Å². The van der Waals surface area contributed by atoms with Gasteiger partial charge < -0.3 is 20.4 Å². The van der Waals surface area contributed by atoms with Crippen molar-refractivity contribution in [1.82, 2.24) is 39.5 Å². The van der Waals surface area contributed by atoms with Gasteiger partial charge in [-0.25, -0.2) is 34.9 Å². The Morgan fingerprint density at radius 3 is 2.23 bits per heavy atom. The Labute approximate surface area is 424 Å². The number of amides is 3. The van der Waals surface area contributed by atoms with E-state index in [0.29, 0.717) is 6.07 Å². The van der Waals surface area contributed by atoms with Crippen LogP contribution in [0.4, 0.5) is 43.9 Å². The van der Waals surface area contributed by atoms with Crippen molar-refractivity contribution in [1.29, 1.82) is 0 Å². The maximum atomic E-state index is 15.6. The van der Waals surface area contributed by atoms with E-state index in [9.17, 15) is 70.9 Å². The van der Waals surface area contributed by atoms with Crippen LogP contribution in [0.3, 0.4) is 0 Å². The minimum atomic E-state index is -5.25. The third-order valence-corrected chi connectivity index (χ3v) is 15.8. The Morgan fingerprint density at radius 2 is 1.64 bits per heavy atom. The van der Waals surface area contributed by atoms with E-state index in [1.165, 1.54) is 13.8 Å². The molecule has 3 amide bonds. The van der Waals surface area contributed by atoms with Crippen LogP contribution in [0, 0.1) is 29.4 Å². The molecule has 7 rings (SSSR count). The van der Waals surface area contributed by atoms with Crippen molar-refractivity contribution in [3.8, 4) is 23.0 Å². The number of nitrogens with one attached hydrogen (secondary N) is 2. The van der Waals surface area contributed by atoms with E-state index in [1.807, 2.05) is 0 Å². The largest absolute Gasteiger partial charge is 0.435 e. The highest BCUT2D eigenvalue weighted by atomic mass is 35.5. The molecule has 2 aliphatic rings. The summed E-state index contributed by atoms with van der Waals surface area (Å²) < 4.78 is 207. The van der Waals surface area contributed by atoms with Crippen molar-refractivity contribution in [3.05, 3.63) is 98.7 Å². The molecule has 3 aromatic heterocycles. The summed E-state index contributed by atoms with van der Waals surface area (Å²) in [7, 11) is -12.8. The zero-order valence-corrected chi connectivity index (χ0v) is 41.9. The quantitative estimate of drug-likeness (QED) is 0.0288. The molecule has 404 valence electrons. The highest BCUT2D eigenvalue weighted by Crippen LogP contribution is 2.68. The van der Waals surface area contributed by atoms with Gasteiger partial charge in [0.2, 0.25) is 16.8 Å². The molecule has 2 aromatic carbocycles. The fourth-order valence-corrected chi connectivity index (χ4v) is 9.70. The van der Waals surface area contributed by atoms with Crippen LogP contribution < -0.4 is 10.6 Å². The molecule has 0 radical (unpaired) electrons. The number of fused-ring (bicyclic) bond motifs is 4. The Hall–Kier alpha value is -6.12. The number of aromatic nitrogens is 5. The molecule has 3 atom stereocenters. The monoisotopic (exact) mass is 1150 g/mol. The van der Waals surface area contributed by atoms with Gasteiger partial charge in [0.15, 0.2) is 15.5 Å². The molecule has 3 heterocycles. The first kappa shape index (κ1) is 56.6. The number of rotatable bonds is 15. The van der Waals surface area contributed by atoms with Gasteiger partial charge in [-0.2, -0.15) is 45.3 Å². The van der Waals surface area contributed by atoms with Crippen LogP contribution in [0.1, 0.15) is 71.8 Å². The van der Waals surface area contributed by atoms with Crippen LogP contribution >= 0.6 is 19.2 Å². The molecule has 0 bridgehead atoms. The fourth-order valence-electron chi connectivity index (χ4n) is 8.32. The van der Waals surface area contributed by atoms with Crippen LogP contribution in [0.2, 0.25) is 5.02 Å². The van der Waals surface area contributed by atoms with E-state index in [-0.39, 0.29) is 42.5 Å². The van der Waals surface area contributed by atoms with Crippen molar-refractivity contribution < 1.29 is 89.5 Å². The number of thiol groups is 1. The summed E-state index contributed by atoms with van der Waals surface area (Å²) in [6.45, 7) is -3.03. The average molecular weight is 1150 g/mol. The molecular formula is C43H38ClF10N8O10PS2. The van der Waals surface area contributed by atoms with E-state index >= 15 is 8.78 Å². The lowest BCUT2D eigenvalue weighted by Crippen LogP contribution is -2.42. The smallest absolute Gasteiger partial charge is 0.347 e. The van der Waals surface area contributed by atoms with Crippen molar-refractivity contribution in [2.75, 3.05) is 19.0 Å². The first-order chi connectivity index (χ1) is 34.5. The maximum absolute atomic E-state index is 15.6. The van der Waals surface area contributed by atoms with Crippen LogP contribution in [0.25, 0.3) is 22.0 Å². The number of nitrogens with zero attached hydrogens (tertiary/aromatic N) is 6. The second-order valence-corrected chi connectivity index (χ2v) is 23.6. The predicted octanol–water partition coefficient (Wildman–Crippen LogP) is 5.44. The molecule has 1 fully saturated rings. The third kappa shape index (κ3) is 12.3. The van der Waals surface area contributed by atoms with Crippen LogP contribution in [-0.4, -0.2) is 103 Å². The lowest BCUT2D eigenvalue weighted by Gasteiger charge is -2.23. The Balaban J connectivity index is 1.43. The van der Waals surface area contributed by atoms with E-state index in [2.05, 4.69) is 32.3 Å². The Morgan fingerprint density at radius 1 is 1.00 bits per heavy atom. The number of hydrogen-bond donors (Lipinski definition) is 5. The average Bonchev–Trinajstić information content (AvgIpc) is 3.78. The fraction of sp³-hybridized carbons (Fsp3) is 0.395. The minimum absolute atomic E-state index is 0.164. The highest BCUT2D eigenvalue weighted by molar-refractivity contribution is 7.92. The first-order valence-electron chi connectivity index (χ1n) is 21.5. The number of carbonyl (C=O) groups excluding carboxylic acids is 3. The lowest BCUT2D eigenvalue weighted by molar-refractivity contribution is -0.143. The lowest BCUT2D eigenvalue weighted by atomic mass is 9.93. The zero-order chi connectivity index (χ0) is 55.7. The molecular weight excluding hydrogens is 1110 g/mol. The summed E-state index contributed by atoms with van der Waals surface area (Å²) in [5.41, 5.74) is -6.80. The highest BCUT2D eigenvalue weighted by Gasteiger charge is 2.68. The van der Waals surface area contributed by atoms with E-state index in [4.69, 9.17) is 21.4 Å². The second kappa shape index (κ2) is 20.1. The Bertz CT molecular complexity index is 3470. The van der Waals surface area contributed by atoms with Gasteiger partial charge in [0.05, 0.1) is 40.7 Å². The molecule has 1 saturated carbocycles.